The van der Waals surface area contributed by atoms with Gasteiger partial charge in [-0.2, -0.15) is 0 Å². The lowest BCUT2D eigenvalue weighted by Crippen LogP contribution is -2.35. The standard InChI is InChI=1S/C21H27N3O4/c1-3-14(2)22-19(25)13-28-21(27)15-9-10-16-17(12-15)23-18-8-6-4-5-7-11-24(18)20(16)26/h9-10,12,14H,3-8,11,13H2,1-2H3,(H,22,25). The summed E-state index contributed by atoms with van der Waals surface area (Å²) in [7, 11) is 0. The second-order valence-electron chi connectivity index (χ2n) is 7.33. The average molecular weight is 385 g/mol. The molecule has 1 N–H and O–H groups in total. The first-order valence-corrected chi connectivity index (χ1v) is 9.99. The SMILES string of the molecule is CCC(C)NC(=O)COC(=O)c1ccc2c(=O)n3c(nc2c1)CCCCCC3. The molecule has 0 saturated heterocycles. The van der Waals surface area contributed by atoms with Crippen molar-refractivity contribution in [2.75, 3.05) is 6.61 Å². The first-order valence-electron chi connectivity index (χ1n) is 9.99. The Labute approximate surface area is 164 Å². The van der Waals surface area contributed by atoms with E-state index >= 15 is 0 Å². The van der Waals surface area contributed by atoms with Gasteiger partial charge in [-0.3, -0.25) is 14.2 Å². The number of rotatable bonds is 5. The van der Waals surface area contributed by atoms with E-state index in [0.717, 1.165) is 44.3 Å². The van der Waals surface area contributed by atoms with Crippen molar-refractivity contribution in [1.82, 2.24) is 14.9 Å². The molecule has 0 aliphatic carbocycles. The van der Waals surface area contributed by atoms with Gasteiger partial charge in [0, 0.05) is 19.0 Å². The van der Waals surface area contributed by atoms with Crippen molar-refractivity contribution in [2.45, 2.75) is 65.0 Å². The Morgan fingerprint density at radius 3 is 2.82 bits per heavy atom. The summed E-state index contributed by atoms with van der Waals surface area (Å²) in [4.78, 5) is 41.6. The number of hydrogen-bond donors (Lipinski definition) is 1. The molecular formula is C21H27N3O4. The predicted molar refractivity (Wildman–Crippen MR) is 106 cm³/mol. The highest BCUT2D eigenvalue weighted by Gasteiger charge is 2.16. The predicted octanol–water partition coefficient (Wildman–Crippen LogP) is 2.58. The fraction of sp³-hybridized carbons (Fsp3) is 0.524. The van der Waals surface area contributed by atoms with E-state index in [1.54, 1.807) is 22.8 Å². The molecule has 0 bridgehead atoms. The maximum absolute atomic E-state index is 12.8. The van der Waals surface area contributed by atoms with Gasteiger partial charge in [0.2, 0.25) is 0 Å². The summed E-state index contributed by atoms with van der Waals surface area (Å²) in [5.41, 5.74) is 0.719. The zero-order valence-electron chi connectivity index (χ0n) is 16.5. The summed E-state index contributed by atoms with van der Waals surface area (Å²) in [6, 6.07) is 4.78. The maximum atomic E-state index is 12.8. The Kier molecular flexibility index (Phi) is 6.44. The lowest BCUT2D eigenvalue weighted by molar-refractivity contribution is -0.124. The molecule has 3 rings (SSSR count). The van der Waals surface area contributed by atoms with Crippen LogP contribution in [0.5, 0.6) is 0 Å². The van der Waals surface area contributed by atoms with Crippen molar-refractivity contribution >= 4 is 22.8 Å². The molecule has 2 aromatic rings. The Morgan fingerprint density at radius 2 is 2.04 bits per heavy atom. The fourth-order valence-corrected chi connectivity index (χ4v) is 3.36. The van der Waals surface area contributed by atoms with Crippen molar-refractivity contribution in [2.24, 2.45) is 0 Å². The van der Waals surface area contributed by atoms with Crippen LogP contribution in [0.2, 0.25) is 0 Å². The molecule has 1 aliphatic heterocycles. The number of aryl methyl sites for hydroxylation is 1. The van der Waals surface area contributed by atoms with Gasteiger partial charge in [-0.25, -0.2) is 9.78 Å². The number of nitrogens with zero attached hydrogens (tertiary/aromatic N) is 2. The molecule has 0 fully saturated rings. The summed E-state index contributed by atoms with van der Waals surface area (Å²) in [6.45, 7) is 4.20. The lowest BCUT2D eigenvalue weighted by atomic mass is 10.1. The van der Waals surface area contributed by atoms with Crippen LogP contribution in [-0.2, 0) is 22.5 Å². The number of hydrogen-bond acceptors (Lipinski definition) is 5. The van der Waals surface area contributed by atoms with Crippen molar-refractivity contribution < 1.29 is 14.3 Å². The van der Waals surface area contributed by atoms with Gasteiger partial charge < -0.3 is 10.1 Å². The number of aromatic nitrogens is 2. The van der Waals surface area contributed by atoms with Crippen LogP contribution in [0.25, 0.3) is 10.9 Å². The van der Waals surface area contributed by atoms with Crippen LogP contribution in [0, 0.1) is 0 Å². The minimum Gasteiger partial charge on any atom is -0.452 e. The molecule has 1 amide bonds. The molecule has 1 atom stereocenters. The number of ether oxygens (including phenoxy) is 1. The molecule has 150 valence electrons. The normalized spacial score (nSPS) is 15.2. The summed E-state index contributed by atoms with van der Waals surface area (Å²) < 4.78 is 6.86. The van der Waals surface area contributed by atoms with E-state index in [1.807, 2.05) is 13.8 Å². The van der Waals surface area contributed by atoms with Crippen molar-refractivity contribution in [1.29, 1.82) is 0 Å². The number of esters is 1. The van der Waals surface area contributed by atoms with Gasteiger partial charge >= 0.3 is 5.97 Å². The molecule has 0 saturated carbocycles. The number of carbonyl (C=O) groups excluding carboxylic acids is 2. The fourth-order valence-electron chi connectivity index (χ4n) is 3.36. The van der Waals surface area contributed by atoms with Crippen LogP contribution in [-0.4, -0.2) is 34.1 Å². The molecule has 1 aliphatic rings. The van der Waals surface area contributed by atoms with Gasteiger partial charge in [-0.1, -0.05) is 19.8 Å². The molecule has 28 heavy (non-hydrogen) atoms. The van der Waals surface area contributed by atoms with E-state index in [-0.39, 0.29) is 29.7 Å². The number of carbonyl (C=O) groups is 2. The van der Waals surface area contributed by atoms with Crippen LogP contribution >= 0.6 is 0 Å². The molecule has 7 nitrogen and oxygen atoms in total. The highest BCUT2D eigenvalue weighted by atomic mass is 16.5. The monoisotopic (exact) mass is 385 g/mol. The second kappa shape index (κ2) is 8.99. The first-order chi connectivity index (χ1) is 13.5. The molecule has 7 heteroatoms. The van der Waals surface area contributed by atoms with Crippen molar-refractivity contribution in [3.05, 3.63) is 39.9 Å². The third-order valence-electron chi connectivity index (χ3n) is 5.16. The summed E-state index contributed by atoms with van der Waals surface area (Å²) >= 11 is 0. The maximum Gasteiger partial charge on any atom is 0.338 e. The van der Waals surface area contributed by atoms with Crippen LogP contribution < -0.4 is 10.9 Å². The molecule has 0 radical (unpaired) electrons. The summed E-state index contributed by atoms with van der Waals surface area (Å²) in [6.07, 6.45) is 5.80. The Bertz CT molecular complexity index is 935. The van der Waals surface area contributed by atoms with E-state index in [1.165, 1.54) is 0 Å². The third kappa shape index (κ3) is 4.58. The zero-order chi connectivity index (χ0) is 20.1. The molecule has 1 aromatic carbocycles. The highest BCUT2D eigenvalue weighted by molar-refractivity contribution is 5.95. The van der Waals surface area contributed by atoms with Gasteiger partial charge in [0.05, 0.1) is 16.5 Å². The van der Waals surface area contributed by atoms with E-state index in [0.29, 0.717) is 17.4 Å². The molecule has 1 unspecified atom stereocenters. The van der Waals surface area contributed by atoms with Gasteiger partial charge in [-0.05, 0) is 44.4 Å². The van der Waals surface area contributed by atoms with Gasteiger partial charge in [0.25, 0.3) is 11.5 Å². The summed E-state index contributed by atoms with van der Waals surface area (Å²) in [5, 5.41) is 3.24. The van der Waals surface area contributed by atoms with Crippen molar-refractivity contribution in [3.63, 3.8) is 0 Å². The molecular weight excluding hydrogens is 358 g/mol. The topological polar surface area (TPSA) is 90.3 Å². The number of nitrogens with one attached hydrogen (secondary N) is 1. The van der Waals surface area contributed by atoms with Crippen LogP contribution in [0.1, 0.15) is 62.1 Å². The highest BCUT2D eigenvalue weighted by Crippen LogP contribution is 2.17. The average Bonchev–Trinajstić information content (AvgIpc) is 2.67. The van der Waals surface area contributed by atoms with Gasteiger partial charge in [0.1, 0.15) is 5.82 Å². The quantitative estimate of drug-likeness (QED) is 0.799. The molecule has 1 aromatic heterocycles. The van der Waals surface area contributed by atoms with E-state index in [9.17, 15) is 14.4 Å². The van der Waals surface area contributed by atoms with Crippen LogP contribution in [0.15, 0.2) is 23.0 Å². The number of benzene rings is 1. The first kappa shape index (κ1) is 20.0. The van der Waals surface area contributed by atoms with E-state index < -0.39 is 5.97 Å². The molecule has 0 spiro atoms. The zero-order valence-corrected chi connectivity index (χ0v) is 16.5. The van der Waals surface area contributed by atoms with Crippen molar-refractivity contribution in [3.8, 4) is 0 Å². The number of amides is 1. The Morgan fingerprint density at radius 1 is 1.25 bits per heavy atom. The summed E-state index contributed by atoms with van der Waals surface area (Å²) in [5.74, 6) is -0.160. The second-order valence-corrected chi connectivity index (χ2v) is 7.33. The largest absolute Gasteiger partial charge is 0.452 e. The Balaban J connectivity index is 1.79. The van der Waals surface area contributed by atoms with Gasteiger partial charge in [0.15, 0.2) is 6.61 Å². The van der Waals surface area contributed by atoms with Gasteiger partial charge in [-0.15, -0.1) is 0 Å². The van der Waals surface area contributed by atoms with Crippen LogP contribution in [0.4, 0.5) is 0 Å². The number of fused-ring (bicyclic) bond motifs is 2. The third-order valence-corrected chi connectivity index (χ3v) is 5.16. The molecule has 2 heterocycles. The van der Waals surface area contributed by atoms with E-state index in [4.69, 9.17) is 4.74 Å². The van der Waals surface area contributed by atoms with E-state index in [2.05, 4.69) is 10.3 Å². The Hall–Kier alpha value is -2.70. The van der Waals surface area contributed by atoms with Crippen LogP contribution in [0.3, 0.4) is 0 Å². The smallest absolute Gasteiger partial charge is 0.338 e. The lowest BCUT2D eigenvalue weighted by Gasteiger charge is -2.16. The minimum atomic E-state index is -0.602. The minimum absolute atomic E-state index is 0.0310.